The number of methoxy groups -OCH3 is 1. The van der Waals surface area contributed by atoms with E-state index in [4.69, 9.17) is 18.9 Å². The van der Waals surface area contributed by atoms with Gasteiger partial charge < -0.3 is 18.9 Å². The van der Waals surface area contributed by atoms with Crippen LogP contribution < -0.4 is 0 Å². The van der Waals surface area contributed by atoms with Gasteiger partial charge in [0.05, 0.1) is 45.4 Å². The Morgan fingerprint density at radius 1 is 0.923 bits per heavy atom. The first kappa shape index (κ1) is 21.2. The Balaban J connectivity index is 1.41. The molecule has 26 heavy (non-hydrogen) atoms. The largest absolute Gasteiger partial charge is 0.469 e. The fourth-order valence-corrected chi connectivity index (χ4v) is 3.53. The zero-order valence-corrected chi connectivity index (χ0v) is 16.3. The van der Waals surface area contributed by atoms with Crippen LogP contribution in [0.3, 0.4) is 0 Å². The number of hydrogen-bond acceptors (Lipinski definition) is 6. The zero-order chi connectivity index (χ0) is 18.8. The molecule has 0 aromatic carbocycles. The minimum Gasteiger partial charge on any atom is -0.469 e. The van der Waals surface area contributed by atoms with Gasteiger partial charge in [0, 0.05) is 12.0 Å². The Hall–Kier alpha value is -1.14. The van der Waals surface area contributed by atoms with E-state index in [-0.39, 0.29) is 29.2 Å². The molecule has 6 nitrogen and oxygen atoms in total. The standard InChI is InChI=1S/C20H34O6/c1-20(14-25-15-20)13-24-11-5-3-4-6-12-26-19(22)17-9-7-16(8-10-17)18(21)23-2/h16-17H,3-15H2,1-2H3. The van der Waals surface area contributed by atoms with Gasteiger partial charge >= 0.3 is 11.9 Å². The van der Waals surface area contributed by atoms with Crippen molar-refractivity contribution in [3.8, 4) is 0 Å². The van der Waals surface area contributed by atoms with Crippen molar-refractivity contribution in [2.24, 2.45) is 17.3 Å². The van der Waals surface area contributed by atoms with Crippen molar-refractivity contribution in [2.75, 3.05) is 40.1 Å². The number of esters is 2. The molecule has 2 fully saturated rings. The van der Waals surface area contributed by atoms with Gasteiger partial charge in [-0.25, -0.2) is 0 Å². The predicted molar refractivity (Wildman–Crippen MR) is 96.6 cm³/mol. The highest BCUT2D eigenvalue weighted by Crippen LogP contribution is 2.30. The maximum atomic E-state index is 12.1. The number of carbonyl (C=O) groups excluding carboxylic acids is 2. The van der Waals surface area contributed by atoms with Crippen LogP contribution in [0.2, 0.25) is 0 Å². The molecule has 0 N–H and O–H groups in total. The molecule has 0 spiro atoms. The molecule has 1 aliphatic carbocycles. The average Bonchev–Trinajstić information content (AvgIpc) is 2.64. The molecule has 0 amide bonds. The normalized spacial score (nSPS) is 24.5. The van der Waals surface area contributed by atoms with E-state index in [0.29, 0.717) is 6.61 Å². The SMILES string of the molecule is COC(=O)C1CCC(C(=O)OCCCCCCOCC2(C)COC2)CC1. The summed E-state index contributed by atoms with van der Waals surface area (Å²) < 4.78 is 21.1. The van der Waals surface area contributed by atoms with Crippen LogP contribution in [0, 0.1) is 17.3 Å². The summed E-state index contributed by atoms with van der Waals surface area (Å²) >= 11 is 0. The molecule has 0 unspecified atom stereocenters. The molecule has 1 saturated carbocycles. The van der Waals surface area contributed by atoms with E-state index in [9.17, 15) is 9.59 Å². The molecular formula is C20H34O6. The van der Waals surface area contributed by atoms with Gasteiger partial charge in [-0.3, -0.25) is 9.59 Å². The van der Waals surface area contributed by atoms with Crippen LogP contribution in [-0.4, -0.2) is 52.1 Å². The number of rotatable bonds is 11. The summed E-state index contributed by atoms with van der Waals surface area (Å²) in [5.74, 6) is -0.365. The molecule has 0 aromatic heterocycles. The Kier molecular flexibility index (Phi) is 8.85. The molecule has 0 bridgehead atoms. The summed E-state index contributed by atoms with van der Waals surface area (Å²) in [6.07, 6.45) is 6.97. The lowest BCUT2D eigenvalue weighted by Gasteiger charge is -2.37. The van der Waals surface area contributed by atoms with E-state index < -0.39 is 0 Å². The molecule has 1 aliphatic heterocycles. The Morgan fingerprint density at radius 2 is 1.50 bits per heavy atom. The summed E-state index contributed by atoms with van der Waals surface area (Å²) in [6, 6.07) is 0. The molecule has 2 rings (SSSR count). The van der Waals surface area contributed by atoms with Gasteiger partial charge in [0.25, 0.3) is 0 Å². The minimum absolute atomic E-state index is 0.0503. The highest BCUT2D eigenvalue weighted by Gasteiger charge is 2.33. The molecule has 6 heteroatoms. The molecule has 1 saturated heterocycles. The Bertz CT molecular complexity index is 438. The molecular weight excluding hydrogens is 336 g/mol. The second-order valence-corrected chi connectivity index (χ2v) is 8.01. The van der Waals surface area contributed by atoms with Crippen LogP contribution in [0.5, 0.6) is 0 Å². The lowest BCUT2D eigenvalue weighted by Crippen LogP contribution is -2.43. The van der Waals surface area contributed by atoms with E-state index in [0.717, 1.165) is 77.8 Å². The van der Waals surface area contributed by atoms with Gasteiger partial charge in [0.2, 0.25) is 0 Å². The first-order valence-corrected chi connectivity index (χ1v) is 9.94. The lowest BCUT2D eigenvalue weighted by atomic mass is 9.82. The van der Waals surface area contributed by atoms with E-state index in [1.54, 1.807) is 0 Å². The lowest BCUT2D eigenvalue weighted by molar-refractivity contribution is -0.153. The van der Waals surface area contributed by atoms with Crippen molar-refractivity contribution in [2.45, 2.75) is 58.3 Å². The third kappa shape index (κ3) is 6.88. The van der Waals surface area contributed by atoms with Gasteiger partial charge in [-0.15, -0.1) is 0 Å². The summed E-state index contributed by atoms with van der Waals surface area (Å²) in [5.41, 5.74) is 0.226. The van der Waals surface area contributed by atoms with Crippen LogP contribution in [0.1, 0.15) is 58.3 Å². The van der Waals surface area contributed by atoms with Crippen molar-refractivity contribution in [3.63, 3.8) is 0 Å². The summed E-state index contributed by atoms with van der Waals surface area (Å²) in [5, 5.41) is 0. The van der Waals surface area contributed by atoms with Gasteiger partial charge in [-0.2, -0.15) is 0 Å². The average molecular weight is 370 g/mol. The van der Waals surface area contributed by atoms with Gasteiger partial charge in [0.1, 0.15) is 0 Å². The van der Waals surface area contributed by atoms with Gasteiger partial charge in [0.15, 0.2) is 0 Å². The molecule has 150 valence electrons. The second-order valence-electron chi connectivity index (χ2n) is 8.01. The van der Waals surface area contributed by atoms with Crippen LogP contribution in [0.4, 0.5) is 0 Å². The Morgan fingerprint density at radius 3 is 2.04 bits per heavy atom. The van der Waals surface area contributed by atoms with Crippen LogP contribution in [0.25, 0.3) is 0 Å². The molecule has 0 radical (unpaired) electrons. The highest BCUT2D eigenvalue weighted by atomic mass is 16.5. The van der Waals surface area contributed by atoms with Crippen LogP contribution in [0.15, 0.2) is 0 Å². The Labute approximate surface area is 156 Å². The van der Waals surface area contributed by atoms with E-state index >= 15 is 0 Å². The predicted octanol–water partition coefficient (Wildman–Crippen LogP) is 3.12. The second kappa shape index (κ2) is 10.9. The first-order valence-electron chi connectivity index (χ1n) is 9.94. The van der Waals surface area contributed by atoms with Gasteiger partial charge in [-0.05, 0) is 44.9 Å². The van der Waals surface area contributed by atoms with E-state index in [1.165, 1.54) is 7.11 Å². The quantitative estimate of drug-likeness (QED) is 0.411. The van der Waals surface area contributed by atoms with Crippen molar-refractivity contribution in [1.82, 2.24) is 0 Å². The highest BCUT2D eigenvalue weighted by molar-refractivity contribution is 5.75. The van der Waals surface area contributed by atoms with E-state index in [2.05, 4.69) is 6.92 Å². The zero-order valence-electron chi connectivity index (χ0n) is 16.3. The fraction of sp³-hybridized carbons (Fsp3) is 0.900. The van der Waals surface area contributed by atoms with Crippen LogP contribution >= 0.6 is 0 Å². The fourth-order valence-electron chi connectivity index (χ4n) is 3.53. The van der Waals surface area contributed by atoms with Crippen molar-refractivity contribution in [3.05, 3.63) is 0 Å². The molecule has 0 atom stereocenters. The third-order valence-electron chi connectivity index (χ3n) is 5.37. The number of ether oxygens (including phenoxy) is 4. The number of carbonyl (C=O) groups is 2. The molecule has 1 heterocycles. The maximum Gasteiger partial charge on any atom is 0.308 e. The maximum absolute atomic E-state index is 12.1. The van der Waals surface area contributed by atoms with Crippen molar-refractivity contribution >= 4 is 11.9 Å². The minimum atomic E-state index is -0.157. The topological polar surface area (TPSA) is 71.1 Å². The van der Waals surface area contributed by atoms with Gasteiger partial charge in [-0.1, -0.05) is 13.3 Å². The summed E-state index contributed by atoms with van der Waals surface area (Å²) in [6.45, 7) is 5.87. The number of unbranched alkanes of at least 4 members (excludes halogenated alkanes) is 3. The van der Waals surface area contributed by atoms with Crippen molar-refractivity contribution in [1.29, 1.82) is 0 Å². The molecule has 2 aliphatic rings. The summed E-state index contributed by atoms with van der Waals surface area (Å²) in [4.78, 5) is 23.6. The number of hydrogen-bond donors (Lipinski definition) is 0. The first-order chi connectivity index (χ1) is 12.5. The summed E-state index contributed by atoms with van der Waals surface area (Å²) in [7, 11) is 1.42. The van der Waals surface area contributed by atoms with Crippen molar-refractivity contribution < 1.29 is 28.5 Å². The van der Waals surface area contributed by atoms with E-state index in [1.807, 2.05) is 0 Å². The van der Waals surface area contributed by atoms with Crippen LogP contribution in [-0.2, 0) is 28.5 Å². The third-order valence-corrected chi connectivity index (χ3v) is 5.37. The smallest absolute Gasteiger partial charge is 0.308 e. The molecule has 0 aromatic rings. The monoisotopic (exact) mass is 370 g/mol.